The Labute approximate surface area is 98.5 Å². The molecular formula is C15H21F. The van der Waals surface area contributed by atoms with Gasteiger partial charge in [-0.15, -0.1) is 13.2 Å². The number of hydrogen-bond donors (Lipinski definition) is 0. The lowest BCUT2D eigenvalue weighted by Crippen LogP contribution is -1.93. The Kier molecular flexibility index (Phi) is 6.40. The number of hydrogen-bond acceptors (Lipinski definition) is 0. The summed E-state index contributed by atoms with van der Waals surface area (Å²) in [6, 6.07) is 4.01. The molecule has 0 radical (unpaired) electrons. The van der Waals surface area contributed by atoms with Crippen molar-refractivity contribution in [3.63, 3.8) is 0 Å². The number of halogens is 1. The summed E-state index contributed by atoms with van der Waals surface area (Å²) < 4.78 is 12.8. The molecule has 0 spiro atoms. The van der Waals surface area contributed by atoms with Gasteiger partial charge in [0.1, 0.15) is 6.67 Å². The summed E-state index contributed by atoms with van der Waals surface area (Å²) in [5.74, 6) is 0. The fourth-order valence-corrected chi connectivity index (χ4v) is 1.51. The van der Waals surface area contributed by atoms with Crippen LogP contribution in [-0.2, 0) is 6.67 Å². The van der Waals surface area contributed by atoms with Gasteiger partial charge in [-0.05, 0) is 55.5 Å². The minimum Gasteiger partial charge on any atom is -0.246 e. The maximum atomic E-state index is 12.8. The van der Waals surface area contributed by atoms with E-state index in [0.29, 0.717) is 0 Å². The Morgan fingerprint density at radius 2 is 1.75 bits per heavy atom. The minimum atomic E-state index is -0.387. The zero-order valence-corrected chi connectivity index (χ0v) is 10.7. The van der Waals surface area contributed by atoms with E-state index in [1.165, 1.54) is 5.56 Å². The molecule has 0 aliphatic rings. The Morgan fingerprint density at radius 1 is 1.25 bits per heavy atom. The van der Waals surface area contributed by atoms with Gasteiger partial charge in [0, 0.05) is 0 Å². The largest absolute Gasteiger partial charge is 0.246 e. The van der Waals surface area contributed by atoms with E-state index in [9.17, 15) is 4.39 Å². The van der Waals surface area contributed by atoms with Crippen LogP contribution in [0, 0.1) is 13.8 Å². The Bertz CT molecular complexity index is 375. The highest BCUT2D eigenvalue weighted by atomic mass is 19.1. The van der Waals surface area contributed by atoms with Crippen molar-refractivity contribution < 1.29 is 4.39 Å². The Hall–Kier alpha value is -1.37. The molecular weight excluding hydrogens is 199 g/mol. The molecule has 0 aromatic heterocycles. The first-order valence-electron chi connectivity index (χ1n) is 5.39. The third-order valence-corrected chi connectivity index (χ3v) is 2.72. The first kappa shape index (κ1) is 14.6. The van der Waals surface area contributed by atoms with Gasteiger partial charge in [0.2, 0.25) is 0 Å². The van der Waals surface area contributed by atoms with Gasteiger partial charge in [0.15, 0.2) is 0 Å². The van der Waals surface area contributed by atoms with E-state index < -0.39 is 0 Å². The van der Waals surface area contributed by atoms with Crippen molar-refractivity contribution in [2.45, 2.75) is 34.4 Å². The molecule has 0 unspecified atom stereocenters. The lowest BCUT2D eigenvalue weighted by molar-refractivity contribution is 0.484. The zero-order valence-electron chi connectivity index (χ0n) is 10.7. The van der Waals surface area contributed by atoms with Gasteiger partial charge in [0.05, 0.1) is 0 Å². The highest BCUT2D eigenvalue weighted by Gasteiger charge is 2.06. The first-order valence-corrected chi connectivity index (χ1v) is 5.39. The van der Waals surface area contributed by atoms with Gasteiger partial charge in [-0.3, -0.25) is 0 Å². The predicted molar refractivity (Wildman–Crippen MR) is 71.3 cm³/mol. The van der Waals surface area contributed by atoms with E-state index >= 15 is 0 Å². The van der Waals surface area contributed by atoms with Crippen molar-refractivity contribution in [1.82, 2.24) is 0 Å². The van der Waals surface area contributed by atoms with Crippen LogP contribution in [0.25, 0.3) is 5.57 Å². The van der Waals surface area contributed by atoms with Gasteiger partial charge in [-0.1, -0.05) is 18.2 Å². The van der Waals surface area contributed by atoms with Crippen LogP contribution in [0.2, 0.25) is 0 Å². The van der Waals surface area contributed by atoms with Crippen molar-refractivity contribution in [2.24, 2.45) is 0 Å². The van der Waals surface area contributed by atoms with Crippen molar-refractivity contribution in [3.8, 4) is 0 Å². The van der Waals surface area contributed by atoms with Crippen LogP contribution in [-0.4, -0.2) is 0 Å². The molecule has 0 bridgehead atoms. The van der Waals surface area contributed by atoms with E-state index in [4.69, 9.17) is 0 Å². The third-order valence-electron chi connectivity index (χ3n) is 2.72. The molecule has 0 nitrogen and oxygen atoms in total. The van der Waals surface area contributed by atoms with Gasteiger partial charge in [0.25, 0.3) is 0 Å². The van der Waals surface area contributed by atoms with Gasteiger partial charge in [-0.2, -0.15) is 0 Å². The molecule has 1 heteroatoms. The third kappa shape index (κ3) is 3.34. The predicted octanol–water partition coefficient (Wildman–Crippen LogP) is 5.00. The van der Waals surface area contributed by atoms with Crippen LogP contribution < -0.4 is 0 Å². The lowest BCUT2D eigenvalue weighted by Gasteiger charge is -2.10. The topological polar surface area (TPSA) is 0 Å². The number of benzene rings is 1. The number of allylic oxidation sites excluding steroid dienone is 2. The SMILES string of the molecule is C/C=C(\C)c1cc(C)c(C)cc1CF.C=C. The molecule has 1 aromatic carbocycles. The molecule has 0 saturated carbocycles. The molecule has 0 heterocycles. The van der Waals surface area contributed by atoms with Crippen molar-refractivity contribution in [1.29, 1.82) is 0 Å². The normalized spacial score (nSPS) is 10.7. The number of rotatable bonds is 2. The first-order chi connectivity index (χ1) is 7.60. The van der Waals surface area contributed by atoms with Crippen LogP contribution >= 0.6 is 0 Å². The van der Waals surface area contributed by atoms with Crippen molar-refractivity contribution in [2.75, 3.05) is 0 Å². The van der Waals surface area contributed by atoms with E-state index in [-0.39, 0.29) is 6.67 Å². The number of alkyl halides is 1. The van der Waals surface area contributed by atoms with Crippen LogP contribution in [0.4, 0.5) is 4.39 Å². The fourth-order valence-electron chi connectivity index (χ4n) is 1.51. The average molecular weight is 220 g/mol. The molecule has 0 amide bonds. The second kappa shape index (κ2) is 7.00. The van der Waals surface area contributed by atoms with Crippen molar-refractivity contribution in [3.05, 3.63) is 53.6 Å². The molecule has 0 atom stereocenters. The fraction of sp³-hybridized carbons (Fsp3) is 0.333. The molecule has 0 aliphatic heterocycles. The summed E-state index contributed by atoms with van der Waals surface area (Å²) in [5.41, 5.74) is 5.35. The Morgan fingerprint density at radius 3 is 2.19 bits per heavy atom. The average Bonchev–Trinajstić information content (AvgIpc) is 2.33. The molecule has 0 aliphatic carbocycles. The molecule has 1 aromatic rings. The van der Waals surface area contributed by atoms with Gasteiger partial charge in [-0.25, -0.2) is 4.39 Å². The summed E-state index contributed by atoms with van der Waals surface area (Å²) in [6.07, 6.45) is 2.02. The second-order valence-corrected chi connectivity index (χ2v) is 3.70. The smallest absolute Gasteiger partial charge is 0.115 e. The van der Waals surface area contributed by atoms with E-state index in [1.54, 1.807) is 0 Å². The summed E-state index contributed by atoms with van der Waals surface area (Å²) >= 11 is 0. The summed E-state index contributed by atoms with van der Waals surface area (Å²) in [7, 11) is 0. The Balaban J connectivity index is 0.00000106. The quantitative estimate of drug-likeness (QED) is 0.615. The van der Waals surface area contributed by atoms with Crippen molar-refractivity contribution >= 4 is 5.57 Å². The van der Waals surface area contributed by atoms with Crippen LogP contribution in [0.1, 0.15) is 36.1 Å². The molecule has 0 N–H and O–H groups in total. The second-order valence-electron chi connectivity index (χ2n) is 3.70. The van der Waals surface area contributed by atoms with E-state index in [2.05, 4.69) is 26.1 Å². The molecule has 16 heavy (non-hydrogen) atoms. The summed E-state index contributed by atoms with van der Waals surface area (Å²) in [5, 5.41) is 0. The maximum Gasteiger partial charge on any atom is 0.115 e. The minimum absolute atomic E-state index is 0.387. The van der Waals surface area contributed by atoms with Crippen LogP contribution in [0.15, 0.2) is 31.4 Å². The van der Waals surface area contributed by atoms with Gasteiger partial charge >= 0.3 is 0 Å². The maximum absolute atomic E-state index is 12.8. The van der Waals surface area contributed by atoms with E-state index in [0.717, 1.165) is 22.3 Å². The van der Waals surface area contributed by atoms with Crippen LogP contribution in [0.3, 0.4) is 0 Å². The van der Waals surface area contributed by atoms with Gasteiger partial charge < -0.3 is 0 Å². The molecule has 0 fully saturated rings. The standard InChI is InChI=1S/C13H17F.C2H4/c1-5-9(2)13-7-11(4)10(3)6-12(13)8-14;1-2/h5-7H,8H2,1-4H3;1-2H2/b9-5+;. The van der Waals surface area contributed by atoms with E-state index in [1.807, 2.05) is 32.9 Å². The highest BCUT2D eigenvalue weighted by molar-refractivity contribution is 5.67. The summed E-state index contributed by atoms with van der Waals surface area (Å²) in [4.78, 5) is 0. The highest BCUT2D eigenvalue weighted by Crippen LogP contribution is 2.23. The molecule has 88 valence electrons. The monoisotopic (exact) mass is 220 g/mol. The zero-order chi connectivity index (χ0) is 12.7. The van der Waals surface area contributed by atoms with Crippen LogP contribution in [0.5, 0.6) is 0 Å². The molecule has 1 rings (SSSR count). The lowest BCUT2D eigenvalue weighted by atomic mass is 9.96. The number of aryl methyl sites for hydroxylation is 2. The summed E-state index contributed by atoms with van der Waals surface area (Å²) in [6.45, 7) is 13.7. The molecule has 0 saturated heterocycles.